The maximum absolute atomic E-state index is 12.7. The Morgan fingerprint density at radius 3 is 2.43 bits per heavy atom. The molecule has 160 valence electrons. The number of carboxylic acids is 1. The fourth-order valence-corrected chi connectivity index (χ4v) is 4.16. The van der Waals surface area contributed by atoms with Crippen molar-refractivity contribution in [2.24, 2.45) is 5.41 Å². The quantitative estimate of drug-likeness (QED) is 0.823. The summed E-state index contributed by atoms with van der Waals surface area (Å²) in [6.45, 7) is 11.1. The molecule has 1 aliphatic heterocycles. The van der Waals surface area contributed by atoms with Gasteiger partial charge in [0, 0.05) is 31.1 Å². The van der Waals surface area contributed by atoms with E-state index in [0.29, 0.717) is 18.0 Å². The highest BCUT2D eigenvalue weighted by molar-refractivity contribution is 5.87. The van der Waals surface area contributed by atoms with Crippen LogP contribution in [0, 0.1) is 5.41 Å². The number of fused-ring (bicyclic) bond motifs is 1. The molecule has 1 aromatic carbocycles. The van der Waals surface area contributed by atoms with Gasteiger partial charge in [-0.05, 0) is 30.5 Å². The molecule has 1 aliphatic rings. The number of methoxy groups -OCH3 is 1. The average Bonchev–Trinajstić information content (AvgIpc) is 2.65. The number of rotatable bonds is 2. The minimum Gasteiger partial charge on any atom is -0.496 e. The maximum atomic E-state index is 12.7. The normalized spacial score (nSPS) is 18.1. The third-order valence-electron chi connectivity index (χ3n) is 5.74. The zero-order valence-corrected chi connectivity index (χ0v) is 18.7. The van der Waals surface area contributed by atoms with Crippen LogP contribution in [0.5, 0.6) is 5.75 Å². The number of likely N-dealkylation sites (N-methyl/N-ethyl adjacent to an activating group) is 1. The molecule has 2 aromatic rings. The number of pyridine rings is 1. The molecule has 0 aliphatic carbocycles. The Hall–Kier alpha value is -3.02. The Kier molecular flexibility index (Phi) is 5.54. The van der Waals surface area contributed by atoms with Gasteiger partial charge in [-0.1, -0.05) is 38.5 Å². The van der Waals surface area contributed by atoms with Gasteiger partial charge in [-0.3, -0.25) is 4.79 Å². The standard InChI is InChI=1S/C24H30N2O4/c1-14(2)15-9-8-10-19(30-7)21(15)22-17-11-18(27)16(23(28)29)12-26(17)20(13-25(22)6)24(3,4)5/h8-12,20H,13H2,1-7H3,(H,28,29)/b22-21+. The van der Waals surface area contributed by atoms with Crippen LogP contribution in [0.4, 0.5) is 0 Å². The second-order valence-electron chi connectivity index (χ2n) is 9.14. The zero-order chi connectivity index (χ0) is 22.4. The molecule has 0 spiro atoms. The summed E-state index contributed by atoms with van der Waals surface area (Å²) >= 11 is 0. The largest absolute Gasteiger partial charge is 0.496 e. The zero-order valence-electron chi connectivity index (χ0n) is 18.7. The highest BCUT2D eigenvalue weighted by Gasteiger charge is 2.35. The summed E-state index contributed by atoms with van der Waals surface area (Å²) in [5.41, 5.74) is 1.83. The molecular formula is C24H30N2O4. The van der Waals surface area contributed by atoms with E-state index in [0.717, 1.165) is 21.7 Å². The van der Waals surface area contributed by atoms with Gasteiger partial charge in [0.25, 0.3) is 0 Å². The SMILES string of the molecule is COc1cccc(=C(C)C)/c1=C1/c2cc(=O)c(C(=O)O)cn2C(C(C)(C)C)CN1C. The van der Waals surface area contributed by atoms with E-state index in [9.17, 15) is 14.7 Å². The molecule has 2 heterocycles. The van der Waals surface area contributed by atoms with Gasteiger partial charge in [-0.2, -0.15) is 0 Å². The van der Waals surface area contributed by atoms with Gasteiger partial charge in [0.1, 0.15) is 11.3 Å². The lowest BCUT2D eigenvalue weighted by Gasteiger charge is -2.43. The van der Waals surface area contributed by atoms with Crippen molar-refractivity contribution in [2.45, 2.75) is 40.7 Å². The van der Waals surface area contributed by atoms with E-state index in [1.165, 1.54) is 12.3 Å². The van der Waals surface area contributed by atoms with Crippen molar-refractivity contribution in [1.29, 1.82) is 0 Å². The highest BCUT2D eigenvalue weighted by Crippen LogP contribution is 2.37. The first-order valence-electron chi connectivity index (χ1n) is 10.0. The Labute approximate surface area is 176 Å². The third kappa shape index (κ3) is 3.62. The number of benzene rings is 1. The van der Waals surface area contributed by atoms with Crippen LogP contribution >= 0.6 is 0 Å². The van der Waals surface area contributed by atoms with Gasteiger partial charge in [0.15, 0.2) is 5.43 Å². The number of aromatic nitrogens is 1. The molecule has 6 nitrogen and oxygen atoms in total. The molecule has 0 fully saturated rings. The Balaban J connectivity index is 2.58. The van der Waals surface area contributed by atoms with E-state index < -0.39 is 11.4 Å². The number of nitrogens with zero attached hydrogens (tertiary/aromatic N) is 2. The molecule has 1 unspecified atom stereocenters. The summed E-state index contributed by atoms with van der Waals surface area (Å²) in [7, 11) is 3.64. The fourth-order valence-electron chi connectivity index (χ4n) is 4.16. The topological polar surface area (TPSA) is 71.8 Å². The summed E-state index contributed by atoms with van der Waals surface area (Å²) in [5.74, 6) is -0.495. The number of hydrogen-bond donors (Lipinski definition) is 1. The van der Waals surface area contributed by atoms with E-state index in [1.54, 1.807) is 7.11 Å². The van der Waals surface area contributed by atoms with Crippen LogP contribution in [0.25, 0.3) is 11.3 Å². The number of carbonyl (C=O) groups is 1. The van der Waals surface area contributed by atoms with Crippen LogP contribution in [-0.2, 0) is 0 Å². The molecule has 6 heteroatoms. The van der Waals surface area contributed by atoms with Crippen molar-refractivity contribution in [2.75, 3.05) is 20.7 Å². The van der Waals surface area contributed by atoms with Crippen molar-refractivity contribution in [3.8, 4) is 5.75 Å². The summed E-state index contributed by atoms with van der Waals surface area (Å²) in [6.07, 6.45) is 1.50. The molecule has 0 saturated heterocycles. The third-order valence-corrected chi connectivity index (χ3v) is 5.74. The molecule has 30 heavy (non-hydrogen) atoms. The summed E-state index contributed by atoms with van der Waals surface area (Å²) in [5, 5.41) is 11.5. The first kappa shape index (κ1) is 21.7. The van der Waals surface area contributed by atoms with Gasteiger partial charge in [-0.25, -0.2) is 4.79 Å². The van der Waals surface area contributed by atoms with E-state index >= 15 is 0 Å². The van der Waals surface area contributed by atoms with Crippen molar-refractivity contribution in [3.05, 3.63) is 62.4 Å². The molecule has 0 amide bonds. The average molecular weight is 411 g/mol. The monoisotopic (exact) mass is 410 g/mol. The second kappa shape index (κ2) is 7.67. The lowest BCUT2D eigenvalue weighted by Crippen LogP contribution is -2.46. The lowest BCUT2D eigenvalue weighted by molar-refractivity contribution is 0.0693. The minimum absolute atomic E-state index is 0.00943. The van der Waals surface area contributed by atoms with Crippen LogP contribution in [0.2, 0.25) is 0 Å². The van der Waals surface area contributed by atoms with Gasteiger partial charge in [0.05, 0.1) is 24.5 Å². The van der Waals surface area contributed by atoms with Crippen LogP contribution in [0.1, 0.15) is 56.7 Å². The molecule has 1 aromatic heterocycles. The minimum atomic E-state index is -1.21. The van der Waals surface area contributed by atoms with Crippen LogP contribution < -0.4 is 20.6 Å². The van der Waals surface area contributed by atoms with Crippen molar-refractivity contribution >= 4 is 17.2 Å². The van der Waals surface area contributed by atoms with Gasteiger partial charge < -0.3 is 19.3 Å². The summed E-state index contributed by atoms with van der Waals surface area (Å²) < 4.78 is 7.66. The maximum Gasteiger partial charge on any atom is 0.341 e. The molecule has 0 radical (unpaired) electrons. The Morgan fingerprint density at radius 1 is 1.23 bits per heavy atom. The molecule has 0 saturated carbocycles. The lowest BCUT2D eigenvalue weighted by atomic mass is 9.84. The number of aromatic carboxylic acids is 1. The summed E-state index contributed by atoms with van der Waals surface area (Å²) in [4.78, 5) is 26.5. The predicted octanol–water partition coefficient (Wildman–Crippen LogP) is 2.43. The fraction of sp³-hybridized carbons (Fsp3) is 0.417. The summed E-state index contributed by atoms with van der Waals surface area (Å²) in [6, 6.07) is 7.34. The number of ether oxygens (including phenoxy) is 1. The van der Waals surface area contributed by atoms with E-state index in [4.69, 9.17) is 4.74 Å². The molecule has 0 bridgehead atoms. The van der Waals surface area contributed by atoms with Crippen molar-refractivity contribution in [1.82, 2.24) is 9.47 Å². The van der Waals surface area contributed by atoms with Gasteiger partial charge >= 0.3 is 5.97 Å². The van der Waals surface area contributed by atoms with Crippen molar-refractivity contribution < 1.29 is 14.6 Å². The molecular weight excluding hydrogens is 380 g/mol. The molecule has 1 atom stereocenters. The second-order valence-corrected chi connectivity index (χ2v) is 9.14. The van der Waals surface area contributed by atoms with Crippen LogP contribution in [0.15, 0.2) is 35.3 Å². The number of carboxylic acid groups (broad SMARTS) is 1. The van der Waals surface area contributed by atoms with Crippen LogP contribution in [0.3, 0.4) is 0 Å². The van der Waals surface area contributed by atoms with Crippen molar-refractivity contribution in [3.63, 3.8) is 0 Å². The first-order chi connectivity index (χ1) is 14.0. The predicted molar refractivity (Wildman–Crippen MR) is 118 cm³/mol. The molecule has 1 N–H and O–H groups in total. The van der Waals surface area contributed by atoms with E-state index in [-0.39, 0.29) is 17.0 Å². The first-order valence-corrected chi connectivity index (χ1v) is 10.0. The van der Waals surface area contributed by atoms with Gasteiger partial charge in [0.2, 0.25) is 0 Å². The Morgan fingerprint density at radius 2 is 1.90 bits per heavy atom. The Bertz CT molecular complexity index is 1180. The van der Waals surface area contributed by atoms with E-state index in [2.05, 4.69) is 25.7 Å². The highest BCUT2D eigenvalue weighted by atomic mass is 16.5. The van der Waals surface area contributed by atoms with E-state index in [1.807, 2.05) is 43.7 Å². The molecule has 3 rings (SSSR count). The number of hydrogen-bond acceptors (Lipinski definition) is 4. The van der Waals surface area contributed by atoms with Crippen LogP contribution in [-0.4, -0.2) is 41.2 Å². The van der Waals surface area contributed by atoms with Gasteiger partial charge in [-0.15, -0.1) is 0 Å². The smallest absolute Gasteiger partial charge is 0.341 e.